The Morgan fingerprint density at radius 3 is 2.40 bits per heavy atom. The number of hydrogen-bond donors (Lipinski definition) is 0. The number of rotatable bonds is 4. The lowest BCUT2D eigenvalue weighted by Gasteiger charge is -2.29. The van der Waals surface area contributed by atoms with Gasteiger partial charge in [0.25, 0.3) is 0 Å². The van der Waals surface area contributed by atoms with Crippen LogP contribution in [-0.2, 0) is 10.2 Å². The standard InChI is InChI=1S/C14H22O/c1-6-14(4,10-15-5)13-8-7-11(2)9-12(13)3/h7-9H,6,10H2,1-5H3. The maximum absolute atomic E-state index is 5.34. The molecule has 0 aliphatic heterocycles. The summed E-state index contributed by atoms with van der Waals surface area (Å²) >= 11 is 0. The Morgan fingerprint density at radius 2 is 1.93 bits per heavy atom. The summed E-state index contributed by atoms with van der Waals surface area (Å²) in [4.78, 5) is 0. The molecule has 1 rings (SSSR count). The van der Waals surface area contributed by atoms with Crippen molar-refractivity contribution < 1.29 is 4.74 Å². The summed E-state index contributed by atoms with van der Waals surface area (Å²) in [6, 6.07) is 6.68. The Labute approximate surface area is 93.5 Å². The molecule has 0 saturated carbocycles. The molecule has 0 aliphatic rings. The maximum atomic E-state index is 5.34. The Balaban J connectivity index is 3.12. The normalized spacial score (nSPS) is 15.0. The molecular formula is C14H22O. The van der Waals surface area contributed by atoms with Gasteiger partial charge >= 0.3 is 0 Å². The van der Waals surface area contributed by atoms with Gasteiger partial charge in [-0.25, -0.2) is 0 Å². The van der Waals surface area contributed by atoms with Crippen molar-refractivity contribution in [2.75, 3.05) is 13.7 Å². The highest BCUT2D eigenvalue weighted by Crippen LogP contribution is 2.30. The van der Waals surface area contributed by atoms with E-state index in [1.807, 2.05) is 0 Å². The van der Waals surface area contributed by atoms with Gasteiger partial charge in [-0.1, -0.05) is 37.6 Å². The first-order chi connectivity index (χ1) is 7.03. The van der Waals surface area contributed by atoms with Gasteiger partial charge in [-0.3, -0.25) is 0 Å². The topological polar surface area (TPSA) is 9.23 Å². The van der Waals surface area contributed by atoms with Crippen LogP contribution < -0.4 is 0 Å². The van der Waals surface area contributed by atoms with Crippen molar-refractivity contribution in [3.05, 3.63) is 34.9 Å². The van der Waals surface area contributed by atoms with E-state index in [0.29, 0.717) is 0 Å². The number of hydrogen-bond acceptors (Lipinski definition) is 1. The highest BCUT2D eigenvalue weighted by molar-refractivity contribution is 5.36. The van der Waals surface area contributed by atoms with Crippen molar-refractivity contribution in [1.82, 2.24) is 0 Å². The molecule has 0 heterocycles. The molecule has 0 spiro atoms. The summed E-state index contributed by atoms with van der Waals surface area (Å²) in [7, 11) is 1.78. The summed E-state index contributed by atoms with van der Waals surface area (Å²) in [5, 5.41) is 0. The van der Waals surface area contributed by atoms with Gasteiger partial charge in [-0.15, -0.1) is 0 Å². The second-order valence-electron chi connectivity index (χ2n) is 4.67. The lowest BCUT2D eigenvalue weighted by atomic mass is 9.78. The number of ether oxygens (including phenoxy) is 1. The van der Waals surface area contributed by atoms with E-state index < -0.39 is 0 Å². The zero-order chi connectivity index (χ0) is 11.5. The van der Waals surface area contributed by atoms with Crippen LogP contribution in [0.1, 0.15) is 37.0 Å². The number of benzene rings is 1. The van der Waals surface area contributed by atoms with Gasteiger partial charge in [-0.05, 0) is 31.4 Å². The second-order valence-corrected chi connectivity index (χ2v) is 4.67. The predicted octanol–water partition coefficient (Wildman–Crippen LogP) is 3.62. The summed E-state index contributed by atoms with van der Waals surface area (Å²) in [6.45, 7) is 9.60. The molecule has 0 radical (unpaired) electrons. The van der Waals surface area contributed by atoms with Gasteiger partial charge in [-0.2, -0.15) is 0 Å². The Morgan fingerprint density at radius 1 is 1.27 bits per heavy atom. The van der Waals surface area contributed by atoms with E-state index in [9.17, 15) is 0 Å². The molecule has 0 amide bonds. The SMILES string of the molecule is CCC(C)(COC)c1ccc(C)cc1C. The van der Waals surface area contributed by atoms with Crippen LogP contribution in [0.15, 0.2) is 18.2 Å². The highest BCUT2D eigenvalue weighted by atomic mass is 16.5. The van der Waals surface area contributed by atoms with Crippen molar-refractivity contribution in [2.45, 2.75) is 39.5 Å². The predicted molar refractivity (Wildman–Crippen MR) is 65.4 cm³/mol. The third kappa shape index (κ3) is 2.60. The van der Waals surface area contributed by atoms with Crippen molar-refractivity contribution in [3.63, 3.8) is 0 Å². The second kappa shape index (κ2) is 4.80. The van der Waals surface area contributed by atoms with Crippen molar-refractivity contribution in [1.29, 1.82) is 0 Å². The molecule has 15 heavy (non-hydrogen) atoms. The Bertz CT molecular complexity index is 330. The zero-order valence-corrected chi connectivity index (χ0v) is 10.6. The lowest BCUT2D eigenvalue weighted by molar-refractivity contribution is 0.135. The minimum atomic E-state index is 0.145. The van der Waals surface area contributed by atoms with E-state index in [-0.39, 0.29) is 5.41 Å². The molecule has 1 heteroatoms. The molecule has 1 nitrogen and oxygen atoms in total. The smallest absolute Gasteiger partial charge is 0.0556 e. The van der Waals surface area contributed by atoms with E-state index in [1.54, 1.807) is 7.11 Å². The van der Waals surface area contributed by atoms with Crippen molar-refractivity contribution in [2.24, 2.45) is 0 Å². The fourth-order valence-corrected chi connectivity index (χ4v) is 2.18. The van der Waals surface area contributed by atoms with Gasteiger partial charge in [0.2, 0.25) is 0 Å². The van der Waals surface area contributed by atoms with Crippen molar-refractivity contribution in [3.8, 4) is 0 Å². The molecule has 0 N–H and O–H groups in total. The maximum Gasteiger partial charge on any atom is 0.0556 e. The van der Waals surface area contributed by atoms with E-state index in [2.05, 4.69) is 45.9 Å². The number of methoxy groups -OCH3 is 1. The molecule has 0 bridgehead atoms. The first-order valence-electron chi connectivity index (χ1n) is 5.60. The molecule has 84 valence electrons. The highest BCUT2D eigenvalue weighted by Gasteiger charge is 2.25. The molecule has 0 saturated heterocycles. The summed E-state index contributed by atoms with van der Waals surface area (Å²) in [6.07, 6.45) is 1.10. The van der Waals surface area contributed by atoms with E-state index in [0.717, 1.165) is 13.0 Å². The Hall–Kier alpha value is -0.820. The molecule has 1 aromatic carbocycles. The van der Waals surface area contributed by atoms with Gasteiger partial charge in [0.15, 0.2) is 0 Å². The molecule has 1 aromatic rings. The average Bonchev–Trinajstić information content (AvgIpc) is 2.17. The fraction of sp³-hybridized carbons (Fsp3) is 0.571. The molecular weight excluding hydrogens is 184 g/mol. The summed E-state index contributed by atoms with van der Waals surface area (Å²) < 4.78 is 5.34. The van der Waals surface area contributed by atoms with Crippen LogP contribution in [0.4, 0.5) is 0 Å². The van der Waals surface area contributed by atoms with Crippen LogP contribution in [-0.4, -0.2) is 13.7 Å². The molecule has 0 aliphatic carbocycles. The molecule has 0 aromatic heterocycles. The molecule has 1 atom stereocenters. The van der Waals surface area contributed by atoms with Gasteiger partial charge in [0.05, 0.1) is 6.61 Å². The third-order valence-electron chi connectivity index (χ3n) is 3.28. The van der Waals surface area contributed by atoms with E-state index in [1.165, 1.54) is 16.7 Å². The molecule has 1 unspecified atom stereocenters. The summed E-state index contributed by atoms with van der Waals surface area (Å²) in [5.74, 6) is 0. The van der Waals surface area contributed by atoms with E-state index >= 15 is 0 Å². The van der Waals surface area contributed by atoms with Crippen LogP contribution in [0.3, 0.4) is 0 Å². The zero-order valence-electron chi connectivity index (χ0n) is 10.6. The molecule has 0 fully saturated rings. The Kier molecular flexibility index (Phi) is 3.92. The van der Waals surface area contributed by atoms with Crippen LogP contribution in [0.2, 0.25) is 0 Å². The first kappa shape index (κ1) is 12.3. The monoisotopic (exact) mass is 206 g/mol. The average molecular weight is 206 g/mol. The van der Waals surface area contributed by atoms with Crippen LogP contribution in [0.25, 0.3) is 0 Å². The van der Waals surface area contributed by atoms with Gasteiger partial charge in [0.1, 0.15) is 0 Å². The quantitative estimate of drug-likeness (QED) is 0.731. The largest absolute Gasteiger partial charge is 0.384 e. The summed E-state index contributed by atoms with van der Waals surface area (Å²) in [5.41, 5.74) is 4.26. The van der Waals surface area contributed by atoms with Crippen LogP contribution in [0.5, 0.6) is 0 Å². The third-order valence-corrected chi connectivity index (χ3v) is 3.28. The first-order valence-corrected chi connectivity index (χ1v) is 5.60. The van der Waals surface area contributed by atoms with Gasteiger partial charge in [0, 0.05) is 12.5 Å². The fourth-order valence-electron chi connectivity index (χ4n) is 2.18. The number of aryl methyl sites for hydroxylation is 2. The minimum Gasteiger partial charge on any atom is -0.384 e. The van der Waals surface area contributed by atoms with E-state index in [4.69, 9.17) is 4.74 Å². The van der Waals surface area contributed by atoms with Crippen molar-refractivity contribution >= 4 is 0 Å². The van der Waals surface area contributed by atoms with Crippen LogP contribution in [0, 0.1) is 13.8 Å². The van der Waals surface area contributed by atoms with Gasteiger partial charge < -0.3 is 4.74 Å². The minimum absolute atomic E-state index is 0.145. The lowest BCUT2D eigenvalue weighted by Crippen LogP contribution is -2.27. The van der Waals surface area contributed by atoms with Crippen LogP contribution >= 0.6 is 0 Å².